The van der Waals surface area contributed by atoms with Gasteiger partial charge in [0.2, 0.25) is 0 Å². The van der Waals surface area contributed by atoms with E-state index in [1.165, 1.54) is 12.1 Å². The van der Waals surface area contributed by atoms with Gasteiger partial charge in [-0.05, 0) is 30.3 Å². The van der Waals surface area contributed by atoms with Crippen molar-refractivity contribution < 1.29 is 19.7 Å². The predicted molar refractivity (Wildman–Crippen MR) is 70.8 cm³/mol. The standard InChI is InChI=1S/C15H11NO4/c16-8-11-3-1-2-4-15(11)20-9-14(19)10-5-6-12(17)13(18)7-10/h1-7,17-18H,9H2. The maximum Gasteiger partial charge on any atom is 0.200 e. The van der Waals surface area contributed by atoms with Gasteiger partial charge in [-0.15, -0.1) is 0 Å². The molecule has 5 nitrogen and oxygen atoms in total. The molecule has 2 aromatic rings. The average Bonchev–Trinajstić information content (AvgIpc) is 2.47. The fourth-order valence-electron chi connectivity index (χ4n) is 1.61. The Morgan fingerprint density at radius 2 is 1.90 bits per heavy atom. The highest BCUT2D eigenvalue weighted by atomic mass is 16.5. The van der Waals surface area contributed by atoms with Crippen LogP contribution in [0.25, 0.3) is 0 Å². The zero-order chi connectivity index (χ0) is 14.5. The van der Waals surface area contributed by atoms with Crippen molar-refractivity contribution in [3.05, 3.63) is 53.6 Å². The van der Waals surface area contributed by atoms with E-state index in [2.05, 4.69) is 0 Å². The Hall–Kier alpha value is -3.00. The van der Waals surface area contributed by atoms with Crippen LogP contribution in [0.4, 0.5) is 0 Å². The first-order valence-corrected chi connectivity index (χ1v) is 5.79. The van der Waals surface area contributed by atoms with Crippen LogP contribution in [0.2, 0.25) is 0 Å². The van der Waals surface area contributed by atoms with Crippen molar-refractivity contribution >= 4 is 5.78 Å². The molecule has 0 saturated carbocycles. The summed E-state index contributed by atoms with van der Waals surface area (Å²) in [6.45, 7) is -0.261. The van der Waals surface area contributed by atoms with Gasteiger partial charge in [0.15, 0.2) is 23.9 Å². The van der Waals surface area contributed by atoms with Gasteiger partial charge in [0.25, 0.3) is 0 Å². The van der Waals surface area contributed by atoms with Crippen LogP contribution in [-0.4, -0.2) is 22.6 Å². The molecule has 2 rings (SSSR count). The first-order valence-electron chi connectivity index (χ1n) is 5.79. The Balaban J connectivity index is 2.09. The molecule has 0 unspecified atom stereocenters. The van der Waals surface area contributed by atoms with Crippen molar-refractivity contribution in [2.24, 2.45) is 0 Å². The number of hydrogen-bond acceptors (Lipinski definition) is 5. The summed E-state index contributed by atoms with van der Waals surface area (Å²) in [4.78, 5) is 11.9. The van der Waals surface area contributed by atoms with E-state index >= 15 is 0 Å². The number of phenolic OH excluding ortho intramolecular Hbond substituents is 2. The molecule has 20 heavy (non-hydrogen) atoms. The van der Waals surface area contributed by atoms with Crippen molar-refractivity contribution in [2.75, 3.05) is 6.61 Å². The third-order valence-electron chi connectivity index (χ3n) is 2.66. The summed E-state index contributed by atoms with van der Waals surface area (Å²) in [5.41, 5.74) is 0.559. The van der Waals surface area contributed by atoms with Gasteiger partial charge in [0, 0.05) is 5.56 Å². The lowest BCUT2D eigenvalue weighted by atomic mass is 10.1. The highest BCUT2D eigenvalue weighted by Crippen LogP contribution is 2.25. The van der Waals surface area contributed by atoms with Crippen molar-refractivity contribution in [1.82, 2.24) is 0 Å². The number of carbonyl (C=O) groups excluding carboxylic acids is 1. The molecular formula is C15H11NO4. The second-order valence-electron chi connectivity index (χ2n) is 4.02. The second kappa shape index (κ2) is 5.76. The first kappa shape index (κ1) is 13.4. The molecule has 0 saturated heterocycles. The van der Waals surface area contributed by atoms with E-state index in [4.69, 9.17) is 10.00 Å². The predicted octanol–water partition coefficient (Wildman–Crippen LogP) is 2.23. The van der Waals surface area contributed by atoms with Gasteiger partial charge in [-0.3, -0.25) is 4.79 Å². The molecule has 0 aromatic heterocycles. The summed E-state index contributed by atoms with van der Waals surface area (Å²) in [5.74, 6) is -0.704. The van der Waals surface area contributed by atoms with Gasteiger partial charge >= 0.3 is 0 Å². The minimum absolute atomic E-state index is 0.217. The van der Waals surface area contributed by atoms with E-state index in [0.717, 1.165) is 6.07 Å². The molecule has 0 amide bonds. The minimum Gasteiger partial charge on any atom is -0.504 e. The average molecular weight is 269 g/mol. The smallest absolute Gasteiger partial charge is 0.200 e. The molecule has 0 aliphatic carbocycles. The van der Waals surface area contributed by atoms with Crippen molar-refractivity contribution in [3.8, 4) is 23.3 Å². The quantitative estimate of drug-likeness (QED) is 0.656. The summed E-state index contributed by atoms with van der Waals surface area (Å²) < 4.78 is 5.30. The Kier molecular flexibility index (Phi) is 3.87. The lowest BCUT2D eigenvalue weighted by molar-refractivity contribution is 0.0921. The van der Waals surface area contributed by atoms with Gasteiger partial charge in [-0.1, -0.05) is 12.1 Å². The molecule has 0 spiro atoms. The molecule has 0 aliphatic rings. The molecule has 0 radical (unpaired) electrons. The monoisotopic (exact) mass is 269 g/mol. The molecular weight excluding hydrogens is 258 g/mol. The Morgan fingerprint density at radius 1 is 1.15 bits per heavy atom. The molecule has 5 heteroatoms. The fourth-order valence-corrected chi connectivity index (χ4v) is 1.61. The third kappa shape index (κ3) is 2.87. The zero-order valence-electron chi connectivity index (χ0n) is 10.4. The number of rotatable bonds is 4. The number of ether oxygens (including phenoxy) is 1. The van der Waals surface area contributed by atoms with E-state index < -0.39 is 0 Å². The summed E-state index contributed by atoms with van der Waals surface area (Å²) in [5, 5.41) is 27.4. The maximum atomic E-state index is 11.9. The molecule has 2 aromatic carbocycles. The lowest BCUT2D eigenvalue weighted by Crippen LogP contribution is -2.12. The van der Waals surface area contributed by atoms with Crippen LogP contribution in [0.3, 0.4) is 0 Å². The largest absolute Gasteiger partial charge is 0.504 e. The normalized spacial score (nSPS) is 9.75. The van der Waals surface area contributed by atoms with Gasteiger partial charge in [-0.2, -0.15) is 5.26 Å². The topological polar surface area (TPSA) is 90.5 Å². The third-order valence-corrected chi connectivity index (χ3v) is 2.66. The van der Waals surface area contributed by atoms with Gasteiger partial charge in [0.05, 0.1) is 5.56 Å². The van der Waals surface area contributed by atoms with Gasteiger partial charge < -0.3 is 14.9 Å². The number of para-hydroxylation sites is 1. The molecule has 0 fully saturated rings. The number of phenols is 2. The van der Waals surface area contributed by atoms with Gasteiger partial charge in [-0.25, -0.2) is 0 Å². The van der Waals surface area contributed by atoms with Crippen molar-refractivity contribution in [2.45, 2.75) is 0 Å². The van der Waals surface area contributed by atoms with Crippen molar-refractivity contribution in [3.63, 3.8) is 0 Å². The molecule has 0 heterocycles. The van der Waals surface area contributed by atoms with Crippen LogP contribution in [-0.2, 0) is 0 Å². The summed E-state index contributed by atoms with van der Waals surface area (Å²) in [6.07, 6.45) is 0. The number of benzene rings is 2. The molecule has 2 N–H and O–H groups in total. The first-order chi connectivity index (χ1) is 9.61. The van der Waals surface area contributed by atoms with Gasteiger partial charge in [0.1, 0.15) is 11.8 Å². The number of ketones is 1. The molecule has 0 atom stereocenters. The summed E-state index contributed by atoms with van der Waals surface area (Å²) in [7, 11) is 0. The number of nitrogens with zero attached hydrogens (tertiary/aromatic N) is 1. The molecule has 0 aliphatic heterocycles. The van der Waals surface area contributed by atoms with Crippen LogP contribution < -0.4 is 4.74 Å². The minimum atomic E-state index is -0.368. The van der Waals surface area contributed by atoms with E-state index in [1.807, 2.05) is 6.07 Å². The number of nitriles is 1. The van der Waals surface area contributed by atoms with E-state index in [1.54, 1.807) is 24.3 Å². The summed E-state index contributed by atoms with van der Waals surface area (Å²) in [6, 6.07) is 12.3. The Bertz CT molecular complexity index is 689. The van der Waals surface area contributed by atoms with E-state index in [-0.39, 0.29) is 29.5 Å². The lowest BCUT2D eigenvalue weighted by Gasteiger charge is -2.07. The zero-order valence-corrected chi connectivity index (χ0v) is 10.4. The highest BCUT2D eigenvalue weighted by molar-refractivity contribution is 5.97. The Morgan fingerprint density at radius 3 is 2.60 bits per heavy atom. The number of carbonyl (C=O) groups is 1. The van der Waals surface area contributed by atoms with Crippen molar-refractivity contribution in [1.29, 1.82) is 5.26 Å². The number of Topliss-reactive ketones (excluding diaryl/α,β-unsaturated/α-hetero) is 1. The fraction of sp³-hybridized carbons (Fsp3) is 0.0667. The van der Waals surface area contributed by atoms with Crippen LogP contribution >= 0.6 is 0 Å². The van der Waals surface area contributed by atoms with Crippen LogP contribution in [0.15, 0.2) is 42.5 Å². The number of hydrogen-bond donors (Lipinski definition) is 2. The number of aromatic hydroxyl groups is 2. The van der Waals surface area contributed by atoms with Crippen LogP contribution in [0, 0.1) is 11.3 Å². The maximum absolute atomic E-state index is 11.9. The Labute approximate surface area is 115 Å². The molecule has 100 valence electrons. The van der Waals surface area contributed by atoms with Crippen LogP contribution in [0.5, 0.6) is 17.2 Å². The van der Waals surface area contributed by atoms with E-state index in [0.29, 0.717) is 11.3 Å². The summed E-state index contributed by atoms with van der Waals surface area (Å²) >= 11 is 0. The second-order valence-corrected chi connectivity index (χ2v) is 4.02. The highest BCUT2D eigenvalue weighted by Gasteiger charge is 2.11. The van der Waals surface area contributed by atoms with Crippen LogP contribution in [0.1, 0.15) is 15.9 Å². The van der Waals surface area contributed by atoms with E-state index in [9.17, 15) is 15.0 Å². The SMILES string of the molecule is N#Cc1ccccc1OCC(=O)c1ccc(O)c(O)c1. The molecule has 0 bridgehead atoms.